The second-order valence-corrected chi connectivity index (χ2v) is 5.68. The lowest BCUT2D eigenvalue weighted by Crippen LogP contribution is -2.38. The van der Waals surface area contributed by atoms with Gasteiger partial charge in [0.05, 0.1) is 6.10 Å². The molecule has 1 aromatic rings. The Morgan fingerprint density at radius 3 is 3.06 bits per heavy atom. The van der Waals surface area contributed by atoms with Crippen LogP contribution in [0.4, 0.5) is 0 Å². The summed E-state index contributed by atoms with van der Waals surface area (Å²) in [6, 6.07) is 2.83. The Bertz CT molecular complexity index is 321. The van der Waals surface area contributed by atoms with E-state index in [-0.39, 0.29) is 0 Å². The van der Waals surface area contributed by atoms with Crippen LogP contribution < -0.4 is 5.32 Å². The van der Waals surface area contributed by atoms with Crippen molar-refractivity contribution in [2.75, 3.05) is 13.2 Å². The molecule has 1 aliphatic heterocycles. The van der Waals surface area contributed by atoms with E-state index in [4.69, 9.17) is 4.74 Å². The Balaban J connectivity index is 1.44. The average Bonchev–Trinajstić information content (AvgIpc) is 2.82. The van der Waals surface area contributed by atoms with Crippen LogP contribution in [0, 0.1) is 5.92 Å². The minimum atomic E-state index is 0.516. The second-order valence-electron chi connectivity index (χ2n) is 4.90. The third kappa shape index (κ3) is 2.47. The van der Waals surface area contributed by atoms with Gasteiger partial charge < -0.3 is 10.1 Å². The highest BCUT2D eigenvalue weighted by Gasteiger charge is 2.40. The molecule has 2 unspecified atom stereocenters. The van der Waals surface area contributed by atoms with E-state index in [0.717, 1.165) is 25.5 Å². The molecule has 0 aromatic carbocycles. The first-order valence-electron chi connectivity index (χ1n) is 6.29. The average molecular weight is 237 g/mol. The quantitative estimate of drug-likeness (QED) is 0.849. The first kappa shape index (κ1) is 10.8. The van der Waals surface area contributed by atoms with Crippen molar-refractivity contribution >= 4 is 11.3 Å². The van der Waals surface area contributed by atoms with Crippen molar-refractivity contribution in [1.82, 2.24) is 5.32 Å². The van der Waals surface area contributed by atoms with Crippen molar-refractivity contribution in [3.8, 4) is 0 Å². The number of rotatable bonds is 5. The number of nitrogens with one attached hydrogen (secondary N) is 1. The molecule has 1 aromatic heterocycles. The maximum Gasteiger partial charge on any atom is 0.0756 e. The maximum absolute atomic E-state index is 5.82. The summed E-state index contributed by atoms with van der Waals surface area (Å²) in [5.41, 5.74) is 1.46. The lowest BCUT2D eigenvalue weighted by molar-refractivity contribution is 0.0813. The lowest BCUT2D eigenvalue weighted by atomic mass is 10.1. The fourth-order valence-corrected chi connectivity index (χ4v) is 3.26. The van der Waals surface area contributed by atoms with Gasteiger partial charge in [0, 0.05) is 12.6 Å². The molecule has 2 heterocycles. The zero-order valence-electron chi connectivity index (χ0n) is 9.52. The van der Waals surface area contributed by atoms with Crippen LogP contribution in [-0.2, 0) is 11.2 Å². The summed E-state index contributed by atoms with van der Waals surface area (Å²) >= 11 is 1.79. The molecule has 0 spiro atoms. The number of hydrogen-bond acceptors (Lipinski definition) is 3. The monoisotopic (exact) mass is 237 g/mol. The predicted octanol–water partition coefficient (Wildman–Crippen LogP) is 2.45. The standard InChI is InChI=1S/C13H19NOS/c1-2-11(1)13-12(4-7-15-13)14-6-3-10-5-8-16-9-10/h5,8-9,11-14H,1-4,6-7H2. The van der Waals surface area contributed by atoms with E-state index in [2.05, 4.69) is 22.1 Å². The minimum Gasteiger partial charge on any atom is -0.376 e. The van der Waals surface area contributed by atoms with E-state index in [1.165, 1.54) is 24.8 Å². The van der Waals surface area contributed by atoms with Gasteiger partial charge in [0.15, 0.2) is 0 Å². The molecule has 0 bridgehead atoms. The predicted molar refractivity (Wildman–Crippen MR) is 66.9 cm³/mol. The van der Waals surface area contributed by atoms with Crippen LogP contribution in [0.2, 0.25) is 0 Å². The molecule has 1 saturated heterocycles. The van der Waals surface area contributed by atoms with Gasteiger partial charge >= 0.3 is 0 Å². The number of thiophene rings is 1. The molecule has 1 aliphatic carbocycles. The van der Waals surface area contributed by atoms with E-state index in [1.807, 2.05) is 0 Å². The summed E-state index contributed by atoms with van der Waals surface area (Å²) in [5.74, 6) is 0.862. The van der Waals surface area contributed by atoms with Crippen LogP contribution in [-0.4, -0.2) is 25.3 Å². The molecule has 3 rings (SSSR count). The fraction of sp³-hybridized carbons (Fsp3) is 0.692. The van der Waals surface area contributed by atoms with Crippen molar-refractivity contribution in [2.24, 2.45) is 5.92 Å². The Kier molecular flexibility index (Phi) is 3.27. The van der Waals surface area contributed by atoms with Crippen LogP contribution >= 0.6 is 11.3 Å². The van der Waals surface area contributed by atoms with Crippen LogP contribution in [0.5, 0.6) is 0 Å². The van der Waals surface area contributed by atoms with Gasteiger partial charge in [-0.05, 0) is 60.5 Å². The van der Waals surface area contributed by atoms with Crippen LogP contribution in [0.15, 0.2) is 16.8 Å². The van der Waals surface area contributed by atoms with E-state index in [9.17, 15) is 0 Å². The Labute approximate surface area is 101 Å². The first-order valence-corrected chi connectivity index (χ1v) is 7.24. The van der Waals surface area contributed by atoms with Crippen molar-refractivity contribution in [3.63, 3.8) is 0 Å². The molecule has 2 atom stereocenters. The van der Waals surface area contributed by atoms with Gasteiger partial charge in [0.1, 0.15) is 0 Å². The zero-order chi connectivity index (χ0) is 10.8. The van der Waals surface area contributed by atoms with Crippen molar-refractivity contribution in [3.05, 3.63) is 22.4 Å². The Hall–Kier alpha value is -0.380. The SMILES string of the molecule is c1cc(CCNC2CCOC2C2CC2)cs1. The molecular weight excluding hydrogens is 218 g/mol. The van der Waals surface area contributed by atoms with Gasteiger partial charge in [-0.15, -0.1) is 0 Å². The van der Waals surface area contributed by atoms with Gasteiger partial charge in [-0.3, -0.25) is 0 Å². The number of ether oxygens (including phenoxy) is 1. The first-order chi connectivity index (χ1) is 7.93. The summed E-state index contributed by atoms with van der Waals surface area (Å²) in [6.45, 7) is 2.05. The van der Waals surface area contributed by atoms with E-state index >= 15 is 0 Å². The molecule has 3 heteroatoms. The molecule has 2 nitrogen and oxygen atoms in total. The summed E-state index contributed by atoms with van der Waals surface area (Å²) in [6.07, 6.45) is 5.63. The van der Waals surface area contributed by atoms with Gasteiger partial charge in [0.2, 0.25) is 0 Å². The molecular formula is C13H19NOS. The minimum absolute atomic E-state index is 0.516. The highest BCUT2D eigenvalue weighted by Crippen LogP contribution is 2.38. The van der Waals surface area contributed by atoms with Gasteiger partial charge in [-0.2, -0.15) is 11.3 Å². The maximum atomic E-state index is 5.82. The third-order valence-electron chi connectivity index (χ3n) is 3.62. The Morgan fingerprint density at radius 1 is 1.38 bits per heavy atom. The van der Waals surface area contributed by atoms with Crippen molar-refractivity contribution in [2.45, 2.75) is 37.8 Å². The normalized spacial score (nSPS) is 29.8. The van der Waals surface area contributed by atoms with Gasteiger partial charge in [0.25, 0.3) is 0 Å². The molecule has 2 aliphatic rings. The summed E-state index contributed by atoms with van der Waals surface area (Å²) < 4.78 is 5.82. The highest BCUT2D eigenvalue weighted by atomic mass is 32.1. The van der Waals surface area contributed by atoms with E-state index < -0.39 is 0 Å². The number of hydrogen-bond donors (Lipinski definition) is 1. The summed E-state index contributed by atoms with van der Waals surface area (Å²) in [4.78, 5) is 0. The van der Waals surface area contributed by atoms with Crippen LogP contribution in [0.1, 0.15) is 24.8 Å². The second kappa shape index (κ2) is 4.86. The molecule has 1 saturated carbocycles. The topological polar surface area (TPSA) is 21.3 Å². The van der Waals surface area contributed by atoms with Crippen LogP contribution in [0.25, 0.3) is 0 Å². The summed E-state index contributed by atoms with van der Waals surface area (Å²) in [5, 5.41) is 8.07. The molecule has 1 N–H and O–H groups in total. The smallest absolute Gasteiger partial charge is 0.0756 e. The van der Waals surface area contributed by atoms with E-state index in [0.29, 0.717) is 12.1 Å². The van der Waals surface area contributed by atoms with E-state index in [1.54, 1.807) is 11.3 Å². The van der Waals surface area contributed by atoms with Gasteiger partial charge in [-0.25, -0.2) is 0 Å². The molecule has 88 valence electrons. The highest BCUT2D eigenvalue weighted by molar-refractivity contribution is 7.07. The van der Waals surface area contributed by atoms with Gasteiger partial charge in [-0.1, -0.05) is 0 Å². The fourth-order valence-electron chi connectivity index (χ4n) is 2.56. The molecule has 0 amide bonds. The molecule has 2 fully saturated rings. The van der Waals surface area contributed by atoms with Crippen LogP contribution in [0.3, 0.4) is 0 Å². The lowest BCUT2D eigenvalue weighted by Gasteiger charge is -2.19. The van der Waals surface area contributed by atoms with Crippen molar-refractivity contribution < 1.29 is 4.74 Å². The Morgan fingerprint density at radius 2 is 2.31 bits per heavy atom. The third-order valence-corrected chi connectivity index (χ3v) is 4.35. The molecule has 0 radical (unpaired) electrons. The zero-order valence-corrected chi connectivity index (χ0v) is 10.3. The molecule has 16 heavy (non-hydrogen) atoms. The van der Waals surface area contributed by atoms with Crippen molar-refractivity contribution in [1.29, 1.82) is 0 Å². The summed E-state index contributed by atoms with van der Waals surface area (Å²) in [7, 11) is 0. The largest absolute Gasteiger partial charge is 0.376 e.